The van der Waals surface area contributed by atoms with E-state index in [0.717, 1.165) is 18.9 Å². The van der Waals surface area contributed by atoms with Crippen molar-refractivity contribution in [3.63, 3.8) is 0 Å². The molecule has 15 heavy (non-hydrogen) atoms. The van der Waals surface area contributed by atoms with E-state index >= 15 is 0 Å². The molecule has 1 aromatic carbocycles. The van der Waals surface area contributed by atoms with Gasteiger partial charge >= 0.3 is 0 Å². The highest BCUT2D eigenvalue weighted by Crippen LogP contribution is 2.43. The minimum atomic E-state index is -0.165. The zero-order valence-electron chi connectivity index (χ0n) is 9.04. The maximum atomic E-state index is 5.48. The Morgan fingerprint density at radius 1 is 1.13 bits per heavy atom. The summed E-state index contributed by atoms with van der Waals surface area (Å²) in [5.41, 5.74) is 2.09. The van der Waals surface area contributed by atoms with Crippen molar-refractivity contribution < 1.29 is 9.47 Å². The third-order valence-corrected chi connectivity index (χ3v) is 3.05. The quantitative estimate of drug-likeness (QED) is 0.768. The van der Waals surface area contributed by atoms with Crippen molar-refractivity contribution in [2.45, 2.75) is 25.2 Å². The van der Waals surface area contributed by atoms with Gasteiger partial charge in [0, 0.05) is 11.3 Å². The van der Waals surface area contributed by atoms with Crippen LogP contribution >= 0.6 is 0 Å². The summed E-state index contributed by atoms with van der Waals surface area (Å²) < 4.78 is 10.8. The number of ether oxygens (including phenoxy) is 2. The fraction of sp³-hybridized carbons (Fsp3) is 0.500. The lowest BCUT2D eigenvalue weighted by Crippen LogP contribution is -2.20. The van der Waals surface area contributed by atoms with E-state index in [-0.39, 0.29) is 11.3 Å². The second-order valence-corrected chi connectivity index (χ2v) is 4.71. The van der Waals surface area contributed by atoms with Gasteiger partial charge in [-0.25, -0.2) is 0 Å². The summed E-state index contributed by atoms with van der Waals surface area (Å²) in [6, 6.07) is 8.27. The normalized spacial score (nSPS) is 37.5. The predicted molar refractivity (Wildman–Crippen MR) is 57.7 cm³/mol. The molecule has 0 spiro atoms. The van der Waals surface area contributed by atoms with E-state index in [1.54, 1.807) is 0 Å². The van der Waals surface area contributed by atoms with Crippen LogP contribution in [-0.2, 0) is 15.1 Å². The Balaban J connectivity index is 1.92. The SMILES string of the molecule is CC1(Nc2ccccc2C2(C)CO2)CO1. The number of hydrogen-bond donors (Lipinski definition) is 1. The number of epoxide rings is 2. The van der Waals surface area contributed by atoms with Crippen molar-refractivity contribution in [2.24, 2.45) is 0 Å². The van der Waals surface area contributed by atoms with Crippen LogP contribution in [0.3, 0.4) is 0 Å². The van der Waals surface area contributed by atoms with Crippen LogP contribution in [0.25, 0.3) is 0 Å². The van der Waals surface area contributed by atoms with Gasteiger partial charge in [0.05, 0.1) is 13.2 Å². The molecule has 2 aliphatic rings. The second kappa shape index (κ2) is 2.74. The number of anilines is 1. The molecule has 0 amide bonds. The lowest BCUT2D eigenvalue weighted by Gasteiger charge is -2.16. The lowest BCUT2D eigenvalue weighted by atomic mass is 10.00. The Bertz CT molecular complexity index is 394. The molecule has 0 radical (unpaired) electrons. The first kappa shape index (κ1) is 9.19. The third kappa shape index (κ3) is 1.62. The molecule has 3 rings (SSSR count). The van der Waals surface area contributed by atoms with Gasteiger partial charge in [-0.3, -0.25) is 0 Å². The molecule has 0 bridgehead atoms. The van der Waals surface area contributed by atoms with Crippen LogP contribution in [0.15, 0.2) is 24.3 Å². The van der Waals surface area contributed by atoms with E-state index in [4.69, 9.17) is 9.47 Å². The van der Waals surface area contributed by atoms with Crippen LogP contribution in [0.2, 0.25) is 0 Å². The molecule has 2 saturated heterocycles. The molecule has 80 valence electrons. The number of nitrogens with one attached hydrogen (secondary N) is 1. The van der Waals surface area contributed by atoms with Gasteiger partial charge in [-0.1, -0.05) is 18.2 Å². The maximum Gasteiger partial charge on any atom is 0.159 e. The number of hydrogen-bond acceptors (Lipinski definition) is 3. The molecule has 2 atom stereocenters. The molecule has 1 aromatic rings. The van der Waals surface area contributed by atoms with Crippen LogP contribution < -0.4 is 5.32 Å². The van der Waals surface area contributed by atoms with E-state index in [1.165, 1.54) is 5.56 Å². The highest BCUT2D eigenvalue weighted by molar-refractivity contribution is 5.56. The smallest absolute Gasteiger partial charge is 0.159 e. The van der Waals surface area contributed by atoms with E-state index in [2.05, 4.69) is 31.3 Å². The first-order valence-corrected chi connectivity index (χ1v) is 5.27. The topological polar surface area (TPSA) is 37.1 Å². The first-order valence-electron chi connectivity index (χ1n) is 5.27. The summed E-state index contributed by atoms with van der Waals surface area (Å²) in [6.07, 6.45) is 0. The van der Waals surface area contributed by atoms with Crippen molar-refractivity contribution in [3.05, 3.63) is 29.8 Å². The fourth-order valence-corrected chi connectivity index (χ4v) is 1.78. The Morgan fingerprint density at radius 2 is 1.80 bits per heavy atom. The maximum absolute atomic E-state index is 5.48. The fourth-order valence-electron chi connectivity index (χ4n) is 1.78. The molecular formula is C12H15NO2. The Hall–Kier alpha value is -1.06. The average molecular weight is 205 g/mol. The minimum Gasteiger partial charge on any atom is -0.365 e. The zero-order valence-corrected chi connectivity index (χ0v) is 9.04. The predicted octanol–water partition coefficient (Wildman–Crippen LogP) is 2.09. The van der Waals surface area contributed by atoms with Gasteiger partial charge in [-0.2, -0.15) is 0 Å². The Kier molecular flexibility index (Phi) is 1.68. The Morgan fingerprint density at radius 3 is 2.40 bits per heavy atom. The molecule has 2 unspecified atom stereocenters. The van der Waals surface area contributed by atoms with E-state index < -0.39 is 0 Å². The van der Waals surface area contributed by atoms with Crippen LogP contribution in [0, 0.1) is 0 Å². The second-order valence-electron chi connectivity index (χ2n) is 4.71. The lowest BCUT2D eigenvalue weighted by molar-refractivity contribution is 0.328. The molecule has 1 N–H and O–H groups in total. The summed E-state index contributed by atoms with van der Waals surface area (Å²) in [6.45, 7) is 5.76. The van der Waals surface area contributed by atoms with Gasteiger partial charge in [0.2, 0.25) is 0 Å². The standard InChI is InChI=1S/C12H15NO2/c1-11(7-14-11)9-5-3-4-6-10(9)13-12(2)8-15-12/h3-6,13H,7-8H2,1-2H3. The van der Waals surface area contributed by atoms with Crippen LogP contribution in [0.4, 0.5) is 5.69 Å². The first-order chi connectivity index (χ1) is 7.11. The van der Waals surface area contributed by atoms with Gasteiger partial charge in [0.25, 0.3) is 0 Å². The van der Waals surface area contributed by atoms with Gasteiger partial charge in [-0.05, 0) is 19.9 Å². The monoisotopic (exact) mass is 205 g/mol. The molecule has 3 heteroatoms. The van der Waals surface area contributed by atoms with Crippen LogP contribution in [0.1, 0.15) is 19.4 Å². The van der Waals surface area contributed by atoms with Crippen molar-refractivity contribution in [1.29, 1.82) is 0 Å². The van der Waals surface area contributed by atoms with Gasteiger partial charge < -0.3 is 14.8 Å². The summed E-state index contributed by atoms with van der Waals surface area (Å²) in [5, 5.41) is 3.41. The molecule has 0 saturated carbocycles. The number of para-hydroxylation sites is 1. The largest absolute Gasteiger partial charge is 0.365 e. The molecular weight excluding hydrogens is 190 g/mol. The molecule has 2 heterocycles. The van der Waals surface area contributed by atoms with E-state index in [1.807, 2.05) is 12.1 Å². The van der Waals surface area contributed by atoms with Crippen LogP contribution in [-0.4, -0.2) is 18.9 Å². The van der Waals surface area contributed by atoms with Crippen LogP contribution in [0.5, 0.6) is 0 Å². The summed E-state index contributed by atoms with van der Waals surface area (Å²) in [4.78, 5) is 0. The molecule has 0 aliphatic carbocycles. The summed E-state index contributed by atoms with van der Waals surface area (Å²) >= 11 is 0. The molecule has 3 nitrogen and oxygen atoms in total. The van der Waals surface area contributed by atoms with Crippen molar-refractivity contribution >= 4 is 5.69 Å². The summed E-state index contributed by atoms with van der Waals surface area (Å²) in [5.74, 6) is 0. The van der Waals surface area contributed by atoms with Gasteiger partial charge in [0.1, 0.15) is 5.60 Å². The van der Waals surface area contributed by atoms with E-state index in [9.17, 15) is 0 Å². The zero-order chi connectivity index (χ0) is 10.5. The molecule has 2 fully saturated rings. The summed E-state index contributed by atoms with van der Waals surface area (Å²) in [7, 11) is 0. The molecule has 0 aromatic heterocycles. The van der Waals surface area contributed by atoms with Gasteiger partial charge in [0.15, 0.2) is 5.72 Å². The van der Waals surface area contributed by atoms with Crippen molar-refractivity contribution in [3.8, 4) is 0 Å². The van der Waals surface area contributed by atoms with Crippen molar-refractivity contribution in [2.75, 3.05) is 18.5 Å². The van der Waals surface area contributed by atoms with Crippen molar-refractivity contribution in [1.82, 2.24) is 0 Å². The third-order valence-electron chi connectivity index (χ3n) is 3.05. The number of rotatable bonds is 3. The van der Waals surface area contributed by atoms with E-state index in [0.29, 0.717) is 0 Å². The minimum absolute atomic E-state index is 0.0884. The highest BCUT2D eigenvalue weighted by Gasteiger charge is 2.45. The number of benzene rings is 1. The molecule has 2 aliphatic heterocycles. The average Bonchev–Trinajstić information content (AvgIpc) is 3.10. The highest BCUT2D eigenvalue weighted by atomic mass is 16.6. The van der Waals surface area contributed by atoms with Gasteiger partial charge in [-0.15, -0.1) is 0 Å². The Labute approximate surface area is 89.4 Å².